The van der Waals surface area contributed by atoms with Crippen LogP contribution in [0.1, 0.15) is 44.1 Å². The van der Waals surface area contributed by atoms with Gasteiger partial charge < -0.3 is 14.5 Å². The van der Waals surface area contributed by atoms with Gasteiger partial charge in [-0.1, -0.05) is 36.6 Å². The topological polar surface area (TPSA) is 36.0 Å². The molecule has 0 bridgehead atoms. The average Bonchev–Trinajstić information content (AvgIpc) is 3.43. The monoisotopic (exact) mass is 513 g/mol. The molecule has 5 nitrogen and oxygen atoms in total. The summed E-state index contributed by atoms with van der Waals surface area (Å²) in [7, 11) is 0. The highest BCUT2D eigenvalue weighted by molar-refractivity contribution is 6.30. The SMILES string of the molecule is O=C(C1CCN(Cc2ccc(Cl)cc2)CC1)N(CC1CCCC1)c1ccc(N2CCOCC2)c(F)c1. The minimum absolute atomic E-state index is 0.0187. The number of carbonyl (C=O) groups excluding carboxylic acids is 1. The third-order valence-electron chi connectivity index (χ3n) is 8.03. The first-order valence-corrected chi connectivity index (χ1v) is 13.8. The minimum Gasteiger partial charge on any atom is -0.378 e. The number of morpholine rings is 1. The van der Waals surface area contributed by atoms with E-state index in [9.17, 15) is 4.79 Å². The van der Waals surface area contributed by atoms with Crippen LogP contribution in [-0.4, -0.2) is 56.7 Å². The Hall–Kier alpha value is -2.15. The van der Waals surface area contributed by atoms with Crippen LogP contribution in [0.15, 0.2) is 42.5 Å². The van der Waals surface area contributed by atoms with Crippen molar-refractivity contribution >= 4 is 28.9 Å². The van der Waals surface area contributed by atoms with Gasteiger partial charge in [-0.25, -0.2) is 4.39 Å². The van der Waals surface area contributed by atoms with Gasteiger partial charge in [0.2, 0.25) is 5.91 Å². The Labute approximate surface area is 219 Å². The Morgan fingerprint density at radius 3 is 2.33 bits per heavy atom. The molecule has 1 aliphatic carbocycles. The highest BCUT2D eigenvalue weighted by Gasteiger charge is 2.32. The summed E-state index contributed by atoms with van der Waals surface area (Å²) in [6.07, 6.45) is 6.42. The molecule has 3 fully saturated rings. The van der Waals surface area contributed by atoms with E-state index < -0.39 is 0 Å². The number of hydrogen-bond acceptors (Lipinski definition) is 4. The zero-order chi connectivity index (χ0) is 24.9. The largest absolute Gasteiger partial charge is 0.378 e. The van der Waals surface area contributed by atoms with E-state index in [1.54, 1.807) is 6.07 Å². The molecule has 1 saturated carbocycles. The number of amides is 1. The van der Waals surface area contributed by atoms with Crippen molar-refractivity contribution in [2.24, 2.45) is 11.8 Å². The van der Waals surface area contributed by atoms with Gasteiger partial charge in [0, 0.05) is 42.8 Å². The summed E-state index contributed by atoms with van der Waals surface area (Å²) in [5, 5.41) is 0.750. The van der Waals surface area contributed by atoms with Gasteiger partial charge in [0.05, 0.1) is 18.9 Å². The van der Waals surface area contributed by atoms with Crippen LogP contribution in [0.4, 0.5) is 15.8 Å². The van der Waals surface area contributed by atoms with Gasteiger partial charge in [0.1, 0.15) is 5.82 Å². The van der Waals surface area contributed by atoms with Crippen LogP contribution >= 0.6 is 11.6 Å². The summed E-state index contributed by atoms with van der Waals surface area (Å²) in [5.74, 6) is 0.388. The lowest BCUT2D eigenvalue weighted by molar-refractivity contribution is -0.124. The molecule has 36 heavy (non-hydrogen) atoms. The molecule has 2 saturated heterocycles. The molecule has 7 heteroatoms. The van der Waals surface area contributed by atoms with Gasteiger partial charge in [0.15, 0.2) is 0 Å². The van der Waals surface area contributed by atoms with Crippen LogP contribution in [0.5, 0.6) is 0 Å². The molecular weight excluding hydrogens is 477 g/mol. The lowest BCUT2D eigenvalue weighted by atomic mass is 9.94. The van der Waals surface area contributed by atoms with E-state index in [1.165, 1.54) is 18.4 Å². The number of likely N-dealkylation sites (tertiary alicyclic amines) is 1. The molecular formula is C29H37ClFN3O2. The maximum Gasteiger partial charge on any atom is 0.230 e. The summed E-state index contributed by atoms with van der Waals surface area (Å²) >= 11 is 6.02. The minimum atomic E-state index is -0.253. The van der Waals surface area contributed by atoms with E-state index in [1.807, 2.05) is 34.1 Å². The van der Waals surface area contributed by atoms with Crippen LogP contribution in [-0.2, 0) is 16.1 Å². The summed E-state index contributed by atoms with van der Waals surface area (Å²) in [4.78, 5) is 20.2. The van der Waals surface area contributed by atoms with Gasteiger partial charge in [-0.15, -0.1) is 0 Å². The number of piperidine rings is 1. The summed E-state index contributed by atoms with van der Waals surface area (Å²) in [6.45, 7) is 5.96. The number of hydrogen-bond donors (Lipinski definition) is 0. The molecule has 2 aromatic rings. The zero-order valence-electron chi connectivity index (χ0n) is 21.0. The van der Waals surface area contributed by atoms with E-state index in [4.69, 9.17) is 16.3 Å². The van der Waals surface area contributed by atoms with Crippen molar-refractivity contribution in [3.63, 3.8) is 0 Å². The molecule has 2 aromatic carbocycles. The second-order valence-corrected chi connectivity index (χ2v) is 10.9. The maximum atomic E-state index is 15.3. The molecule has 0 radical (unpaired) electrons. The molecule has 0 aromatic heterocycles. The third kappa shape index (κ3) is 6.21. The standard InChI is InChI=1S/C29H37ClFN3O2/c30-25-7-5-23(6-8-25)20-32-13-11-24(12-14-32)29(35)34(21-22-3-1-2-4-22)26-9-10-28(27(31)19-26)33-15-17-36-18-16-33/h5-10,19,22,24H,1-4,11-18,20-21H2. The molecule has 5 rings (SSSR count). The fourth-order valence-electron chi connectivity index (χ4n) is 5.90. The molecule has 3 aliphatic rings. The Morgan fingerprint density at radius 1 is 0.972 bits per heavy atom. The molecule has 0 spiro atoms. The third-order valence-corrected chi connectivity index (χ3v) is 8.28. The number of anilines is 2. The first kappa shape index (κ1) is 25.5. The molecule has 2 aliphatic heterocycles. The fraction of sp³-hybridized carbons (Fsp3) is 0.552. The lowest BCUT2D eigenvalue weighted by Gasteiger charge is -2.35. The maximum absolute atomic E-state index is 15.3. The van der Waals surface area contributed by atoms with E-state index in [0.717, 1.165) is 50.3 Å². The van der Waals surface area contributed by atoms with E-state index >= 15 is 4.39 Å². The normalized spacial score (nSPS) is 20.1. The van der Waals surface area contributed by atoms with Crippen molar-refractivity contribution in [2.75, 3.05) is 55.7 Å². The summed E-state index contributed by atoms with van der Waals surface area (Å²) in [5.41, 5.74) is 2.54. The van der Waals surface area contributed by atoms with Crippen molar-refractivity contribution in [1.29, 1.82) is 0 Å². The predicted molar refractivity (Wildman–Crippen MR) is 143 cm³/mol. The van der Waals surface area contributed by atoms with E-state index in [-0.39, 0.29) is 17.6 Å². The number of benzene rings is 2. The Kier molecular flexibility index (Phi) is 8.45. The number of ether oxygens (including phenoxy) is 1. The predicted octanol–water partition coefficient (Wildman–Crippen LogP) is 5.75. The average molecular weight is 514 g/mol. The van der Waals surface area contributed by atoms with Gasteiger partial charge >= 0.3 is 0 Å². The first-order chi connectivity index (χ1) is 17.6. The highest BCUT2D eigenvalue weighted by atomic mass is 35.5. The van der Waals surface area contributed by atoms with Crippen molar-refractivity contribution < 1.29 is 13.9 Å². The van der Waals surface area contributed by atoms with Crippen molar-refractivity contribution in [2.45, 2.75) is 45.1 Å². The molecule has 0 unspecified atom stereocenters. The van der Waals surface area contributed by atoms with Crippen LogP contribution < -0.4 is 9.80 Å². The van der Waals surface area contributed by atoms with Crippen LogP contribution in [0.25, 0.3) is 0 Å². The molecule has 194 valence electrons. The Morgan fingerprint density at radius 2 is 1.67 bits per heavy atom. The van der Waals surface area contributed by atoms with Gasteiger partial charge in [-0.2, -0.15) is 0 Å². The zero-order valence-corrected chi connectivity index (χ0v) is 21.8. The van der Waals surface area contributed by atoms with Crippen molar-refractivity contribution in [3.8, 4) is 0 Å². The van der Waals surface area contributed by atoms with E-state index in [2.05, 4.69) is 17.0 Å². The van der Waals surface area contributed by atoms with Crippen molar-refractivity contribution in [3.05, 3.63) is 58.9 Å². The van der Waals surface area contributed by atoms with Crippen molar-refractivity contribution in [1.82, 2.24) is 4.90 Å². The molecule has 0 atom stereocenters. The second-order valence-electron chi connectivity index (χ2n) is 10.5. The smallest absolute Gasteiger partial charge is 0.230 e. The molecule has 1 amide bonds. The second kappa shape index (κ2) is 11.9. The van der Waals surface area contributed by atoms with Gasteiger partial charge in [-0.3, -0.25) is 9.69 Å². The Bertz CT molecular complexity index is 1010. The first-order valence-electron chi connectivity index (χ1n) is 13.5. The summed E-state index contributed by atoms with van der Waals surface area (Å²) in [6, 6.07) is 13.4. The molecule has 2 heterocycles. The van der Waals surface area contributed by atoms with Gasteiger partial charge in [-0.05, 0) is 80.6 Å². The number of nitrogens with zero attached hydrogens (tertiary/aromatic N) is 3. The number of rotatable bonds is 7. The lowest BCUT2D eigenvalue weighted by Crippen LogP contribution is -2.44. The number of halogens is 2. The van der Waals surface area contributed by atoms with E-state index in [0.29, 0.717) is 50.1 Å². The van der Waals surface area contributed by atoms with Gasteiger partial charge in [0.25, 0.3) is 0 Å². The summed E-state index contributed by atoms with van der Waals surface area (Å²) < 4.78 is 20.7. The highest BCUT2D eigenvalue weighted by Crippen LogP contribution is 2.32. The van der Waals surface area contributed by atoms with Crippen LogP contribution in [0.3, 0.4) is 0 Å². The fourth-order valence-corrected chi connectivity index (χ4v) is 6.03. The number of carbonyl (C=O) groups is 1. The Balaban J connectivity index is 1.26. The quantitative estimate of drug-likeness (QED) is 0.472. The van der Waals surface area contributed by atoms with Crippen LogP contribution in [0, 0.1) is 17.7 Å². The molecule has 0 N–H and O–H groups in total. The van der Waals surface area contributed by atoms with Crippen LogP contribution in [0.2, 0.25) is 5.02 Å².